The highest BCUT2D eigenvalue weighted by molar-refractivity contribution is 9.10. The Hall–Kier alpha value is -4.00. The number of amides is 1. The maximum absolute atomic E-state index is 14.7. The number of hydrogen-bond acceptors (Lipinski definition) is 4. The highest BCUT2D eigenvalue weighted by Crippen LogP contribution is 2.62. The predicted octanol–water partition coefficient (Wildman–Crippen LogP) is 7.08. The Kier molecular flexibility index (Phi) is 5.81. The fourth-order valence-electron chi connectivity index (χ4n) is 6.78. The second-order valence-corrected chi connectivity index (χ2v) is 11.6. The van der Waals surface area contributed by atoms with Gasteiger partial charge in [0.1, 0.15) is 11.5 Å². The molecule has 1 spiro atoms. The standard InChI is InChI=1S/C33H22BrClN2O3/c34-21-15-13-20(14-16-21)29(38)27-28(30(39)23-9-3-5-11-25(23)35)37-18-17-19-7-1-2-8-22(19)31(37)33(27)24-10-4-6-12-26(24)36-32(33)40/h1-18,27-28,31H,(H,36,40)/t27-,28+,31-,33-/m1/s1. The van der Waals surface area contributed by atoms with Crippen molar-refractivity contribution in [3.8, 4) is 0 Å². The molecule has 4 aromatic carbocycles. The third-order valence-electron chi connectivity index (χ3n) is 8.39. The smallest absolute Gasteiger partial charge is 0.238 e. The van der Waals surface area contributed by atoms with Crippen molar-refractivity contribution in [3.63, 3.8) is 0 Å². The molecule has 0 bridgehead atoms. The van der Waals surface area contributed by atoms with E-state index in [4.69, 9.17) is 11.6 Å². The van der Waals surface area contributed by atoms with Crippen LogP contribution >= 0.6 is 27.5 Å². The van der Waals surface area contributed by atoms with Gasteiger partial charge in [-0.05, 0) is 53.1 Å². The van der Waals surface area contributed by atoms with Crippen molar-refractivity contribution in [1.29, 1.82) is 0 Å². The molecule has 4 atom stereocenters. The highest BCUT2D eigenvalue weighted by Gasteiger charge is 2.70. The molecule has 0 aliphatic carbocycles. The second kappa shape index (κ2) is 9.29. The maximum Gasteiger partial charge on any atom is 0.238 e. The molecule has 1 amide bonds. The van der Waals surface area contributed by atoms with E-state index >= 15 is 0 Å². The molecule has 1 N–H and O–H groups in total. The van der Waals surface area contributed by atoms with Gasteiger partial charge in [-0.15, -0.1) is 0 Å². The van der Waals surface area contributed by atoms with Crippen LogP contribution in [-0.2, 0) is 10.2 Å². The molecule has 0 unspecified atom stereocenters. The van der Waals surface area contributed by atoms with E-state index in [-0.39, 0.29) is 17.5 Å². The molecule has 7 rings (SSSR count). The molecule has 1 saturated heterocycles. The van der Waals surface area contributed by atoms with Crippen molar-refractivity contribution in [1.82, 2.24) is 4.90 Å². The zero-order chi connectivity index (χ0) is 27.6. The van der Waals surface area contributed by atoms with E-state index in [1.54, 1.807) is 48.5 Å². The van der Waals surface area contributed by atoms with Crippen molar-refractivity contribution in [2.24, 2.45) is 5.92 Å². The van der Waals surface area contributed by atoms with Crippen LogP contribution in [0.4, 0.5) is 5.69 Å². The van der Waals surface area contributed by atoms with Gasteiger partial charge in [0.25, 0.3) is 0 Å². The molecule has 4 aromatic rings. The molecule has 5 nitrogen and oxygen atoms in total. The molecule has 7 heteroatoms. The summed E-state index contributed by atoms with van der Waals surface area (Å²) in [6.45, 7) is 0. The molecule has 3 aliphatic heterocycles. The molecular formula is C33H22BrClN2O3. The van der Waals surface area contributed by atoms with Crippen LogP contribution in [0, 0.1) is 5.92 Å². The van der Waals surface area contributed by atoms with Crippen LogP contribution in [0.2, 0.25) is 5.02 Å². The Morgan fingerprint density at radius 2 is 1.55 bits per heavy atom. The lowest BCUT2D eigenvalue weighted by molar-refractivity contribution is -0.122. The van der Waals surface area contributed by atoms with Crippen molar-refractivity contribution in [2.45, 2.75) is 17.5 Å². The minimum atomic E-state index is -1.37. The lowest BCUT2D eigenvalue weighted by atomic mass is 9.62. The zero-order valence-corrected chi connectivity index (χ0v) is 23.4. The van der Waals surface area contributed by atoms with E-state index in [1.807, 2.05) is 65.7 Å². The second-order valence-electron chi connectivity index (χ2n) is 10.3. The van der Waals surface area contributed by atoms with E-state index in [2.05, 4.69) is 21.2 Å². The number of carbonyl (C=O) groups excluding carboxylic acids is 3. The third-order valence-corrected chi connectivity index (χ3v) is 9.25. The number of carbonyl (C=O) groups is 3. The van der Waals surface area contributed by atoms with Crippen LogP contribution in [0.25, 0.3) is 6.08 Å². The molecule has 1 fully saturated rings. The van der Waals surface area contributed by atoms with Crippen molar-refractivity contribution < 1.29 is 14.4 Å². The van der Waals surface area contributed by atoms with Gasteiger partial charge in [-0.3, -0.25) is 14.4 Å². The summed E-state index contributed by atoms with van der Waals surface area (Å²) in [5.74, 6) is -1.91. The first kappa shape index (κ1) is 25.0. The quantitative estimate of drug-likeness (QED) is 0.251. The minimum absolute atomic E-state index is 0.273. The Morgan fingerprint density at radius 1 is 0.850 bits per heavy atom. The van der Waals surface area contributed by atoms with Crippen LogP contribution < -0.4 is 5.32 Å². The maximum atomic E-state index is 14.7. The normalized spacial score (nSPS) is 23.9. The fraction of sp³-hybridized carbons (Fsp3) is 0.121. The van der Waals surface area contributed by atoms with E-state index < -0.39 is 23.4 Å². The van der Waals surface area contributed by atoms with Gasteiger partial charge in [-0.25, -0.2) is 0 Å². The first-order valence-corrected chi connectivity index (χ1v) is 14.1. The summed E-state index contributed by atoms with van der Waals surface area (Å²) in [7, 11) is 0. The van der Waals surface area contributed by atoms with E-state index in [0.29, 0.717) is 27.4 Å². The first-order valence-electron chi connectivity index (χ1n) is 13.0. The number of hydrogen-bond donors (Lipinski definition) is 1. The van der Waals surface area contributed by atoms with Crippen molar-refractivity contribution >= 4 is 56.8 Å². The largest absolute Gasteiger partial charge is 0.358 e. The molecular weight excluding hydrogens is 588 g/mol. The Morgan fingerprint density at radius 3 is 2.35 bits per heavy atom. The summed E-state index contributed by atoms with van der Waals surface area (Å²) in [5.41, 5.74) is 2.57. The minimum Gasteiger partial charge on any atom is -0.358 e. The Labute approximate surface area is 244 Å². The van der Waals surface area contributed by atoms with Crippen molar-refractivity contribution in [2.75, 3.05) is 5.32 Å². The number of nitrogens with one attached hydrogen (secondary N) is 1. The lowest BCUT2D eigenvalue weighted by Gasteiger charge is -2.38. The summed E-state index contributed by atoms with van der Waals surface area (Å²) in [4.78, 5) is 45.6. The summed E-state index contributed by atoms with van der Waals surface area (Å²) in [5, 5.41) is 3.37. The van der Waals surface area contributed by atoms with Gasteiger partial charge in [0.2, 0.25) is 5.91 Å². The summed E-state index contributed by atoms with van der Waals surface area (Å²) in [6, 6.07) is 27.7. The number of ketones is 2. The lowest BCUT2D eigenvalue weighted by Crippen LogP contribution is -2.49. The molecule has 3 heterocycles. The summed E-state index contributed by atoms with van der Waals surface area (Å²) >= 11 is 10.00. The zero-order valence-electron chi connectivity index (χ0n) is 21.1. The molecule has 3 aliphatic rings. The van der Waals surface area contributed by atoms with E-state index in [9.17, 15) is 14.4 Å². The number of rotatable bonds is 4. The van der Waals surface area contributed by atoms with Gasteiger partial charge < -0.3 is 10.2 Å². The van der Waals surface area contributed by atoms with E-state index in [0.717, 1.165) is 15.6 Å². The first-order chi connectivity index (χ1) is 19.4. The topological polar surface area (TPSA) is 66.5 Å². The average Bonchev–Trinajstić information content (AvgIpc) is 3.45. The average molecular weight is 610 g/mol. The summed E-state index contributed by atoms with van der Waals surface area (Å²) < 4.78 is 0.826. The molecule has 0 radical (unpaired) electrons. The number of benzene rings is 4. The molecule has 0 aromatic heterocycles. The van der Waals surface area contributed by atoms with Gasteiger partial charge in [-0.2, -0.15) is 0 Å². The monoisotopic (exact) mass is 608 g/mol. The van der Waals surface area contributed by atoms with Crippen LogP contribution in [-0.4, -0.2) is 28.4 Å². The van der Waals surface area contributed by atoms with Crippen molar-refractivity contribution in [3.05, 3.63) is 141 Å². The van der Waals surface area contributed by atoms with Gasteiger partial charge in [0, 0.05) is 27.5 Å². The van der Waals surface area contributed by atoms with Crippen LogP contribution in [0.5, 0.6) is 0 Å². The number of anilines is 1. The van der Waals surface area contributed by atoms with Crippen LogP contribution in [0.3, 0.4) is 0 Å². The molecule has 196 valence electrons. The van der Waals surface area contributed by atoms with Crippen LogP contribution in [0.1, 0.15) is 43.4 Å². The van der Waals surface area contributed by atoms with Gasteiger partial charge in [-0.1, -0.05) is 94.3 Å². The predicted molar refractivity (Wildman–Crippen MR) is 158 cm³/mol. The summed E-state index contributed by atoms with van der Waals surface area (Å²) in [6.07, 6.45) is 3.80. The Bertz CT molecular complexity index is 1750. The molecule has 40 heavy (non-hydrogen) atoms. The van der Waals surface area contributed by atoms with Gasteiger partial charge in [0.05, 0.1) is 17.0 Å². The van der Waals surface area contributed by atoms with Crippen LogP contribution in [0.15, 0.2) is 108 Å². The van der Waals surface area contributed by atoms with E-state index in [1.165, 1.54) is 0 Å². The highest BCUT2D eigenvalue weighted by atomic mass is 79.9. The number of nitrogens with zero attached hydrogens (tertiary/aromatic N) is 1. The number of Topliss-reactive ketones (excluding diaryl/α,β-unsaturated/α-hetero) is 2. The van der Waals surface area contributed by atoms with Gasteiger partial charge in [0.15, 0.2) is 11.6 Å². The third kappa shape index (κ3) is 3.42. The number of para-hydroxylation sites is 1. The van der Waals surface area contributed by atoms with Gasteiger partial charge >= 0.3 is 0 Å². The Balaban J connectivity index is 1.55. The fourth-order valence-corrected chi connectivity index (χ4v) is 7.28. The number of fused-ring (bicyclic) bond motifs is 6. The molecule has 0 saturated carbocycles. The number of halogens is 2. The SMILES string of the molecule is O=C(c1ccccc1Cl)[C@@H]1[C@H](C(=O)c2ccc(Br)cc2)[C@@]2(C(=O)Nc3ccccc32)[C@H]2c3ccccc3C=CN12.